The lowest BCUT2D eigenvalue weighted by Gasteiger charge is -1.93. The molecule has 0 unspecified atom stereocenters. The summed E-state index contributed by atoms with van der Waals surface area (Å²) in [6.45, 7) is 0.860. The van der Waals surface area contributed by atoms with Gasteiger partial charge in [-0.25, -0.2) is 0 Å². The monoisotopic (exact) mass is 177 g/mol. The SMILES string of the molecule is c1cc2ncc([C@H]3CO3)cc2s1. The Labute approximate surface area is 73.8 Å². The van der Waals surface area contributed by atoms with Crippen molar-refractivity contribution in [2.45, 2.75) is 6.10 Å². The van der Waals surface area contributed by atoms with Crippen LogP contribution in [0, 0.1) is 0 Å². The summed E-state index contributed by atoms with van der Waals surface area (Å²) >= 11 is 1.73. The standard InChI is InChI=1S/C9H7NOS/c1-2-12-9-3-6(8-5-11-8)4-10-7(1)9/h1-4,8H,5H2/t8-/m1/s1. The van der Waals surface area contributed by atoms with Crippen molar-refractivity contribution in [2.24, 2.45) is 0 Å². The number of hydrogen-bond donors (Lipinski definition) is 0. The number of pyridine rings is 1. The number of nitrogens with zero attached hydrogens (tertiary/aromatic N) is 1. The summed E-state index contributed by atoms with van der Waals surface area (Å²) < 4.78 is 6.44. The van der Waals surface area contributed by atoms with Crippen molar-refractivity contribution in [3.63, 3.8) is 0 Å². The second kappa shape index (κ2) is 2.28. The van der Waals surface area contributed by atoms with Crippen molar-refractivity contribution in [1.82, 2.24) is 4.98 Å². The Morgan fingerprint density at radius 2 is 2.50 bits per heavy atom. The van der Waals surface area contributed by atoms with Crippen LogP contribution < -0.4 is 0 Å². The number of rotatable bonds is 1. The first-order chi connectivity index (χ1) is 5.93. The normalized spacial score (nSPS) is 21.5. The Morgan fingerprint density at radius 1 is 1.58 bits per heavy atom. The van der Waals surface area contributed by atoms with E-state index in [0.717, 1.165) is 12.1 Å². The zero-order valence-electron chi connectivity index (χ0n) is 6.36. The number of epoxide rings is 1. The van der Waals surface area contributed by atoms with E-state index >= 15 is 0 Å². The van der Waals surface area contributed by atoms with Gasteiger partial charge in [-0.15, -0.1) is 11.3 Å². The fourth-order valence-corrected chi connectivity index (χ4v) is 2.07. The molecule has 1 atom stereocenters. The Hall–Kier alpha value is -0.930. The molecule has 0 radical (unpaired) electrons. The Bertz CT molecular complexity index is 419. The van der Waals surface area contributed by atoms with E-state index in [-0.39, 0.29) is 0 Å². The van der Waals surface area contributed by atoms with Gasteiger partial charge in [-0.1, -0.05) is 0 Å². The second-order valence-corrected chi connectivity index (χ2v) is 3.84. The summed E-state index contributed by atoms with van der Waals surface area (Å²) in [6.07, 6.45) is 2.23. The molecule has 2 aromatic heterocycles. The summed E-state index contributed by atoms with van der Waals surface area (Å²) in [5.74, 6) is 0. The van der Waals surface area contributed by atoms with E-state index in [1.165, 1.54) is 10.3 Å². The molecule has 1 aliphatic heterocycles. The summed E-state index contributed by atoms with van der Waals surface area (Å²) in [5.41, 5.74) is 2.30. The number of fused-ring (bicyclic) bond motifs is 1. The van der Waals surface area contributed by atoms with Gasteiger partial charge in [0.25, 0.3) is 0 Å². The van der Waals surface area contributed by atoms with Crippen LogP contribution in [0.2, 0.25) is 0 Å². The first kappa shape index (κ1) is 6.57. The van der Waals surface area contributed by atoms with Gasteiger partial charge in [-0.2, -0.15) is 0 Å². The highest BCUT2D eigenvalue weighted by molar-refractivity contribution is 7.17. The third kappa shape index (κ3) is 0.940. The minimum absolute atomic E-state index is 0.323. The van der Waals surface area contributed by atoms with Gasteiger partial charge in [0.1, 0.15) is 6.10 Å². The number of hydrogen-bond acceptors (Lipinski definition) is 3. The lowest BCUT2D eigenvalue weighted by molar-refractivity contribution is 0.415. The van der Waals surface area contributed by atoms with E-state index in [1.54, 1.807) is 11.3 Å². The molecule has 2 aromatic rings. The molecule has 1 fully saturated rings. The fraction of sp³-hybridized carbons (Fsp3) is 0.222. The summed E-state index contributed by atoms with van der Waals surface area (Å²) in [7, 11) is 0. The van der Waals surface area contributed by atoms with Gasteiger partial charge in [0.2, 0.25) is 0 Å². The lowest BCUT2D eigenvalue weighted by atomic mass is 10.2. The highest BCUT2D eigenvalue weighted by Crippen LogP contribution is 2.31. The maximum atomic E-state index is 5.18. The molecule has 60 valence electrons. The van der Waals surface area contributed by atoms with Crippen molar-refractivity contribution in [2.75, 3.05) is 6.61 Å². The Kier molecular flexibility index (Phi) is 1.25. The number of ether oxygens (including phenoxy) is 1. The largest absolute Gasteiger partial charge is 0.368 e. The van der Waals surface area contributed by atoms with Gasteiger partial charge in [-0.3, -0.25) is 4.98 Å². The Morgan fingerprint density at radius 3 is 3.33 bits per heavy atom. The average Bonchev–Trinajstić information content (AvgIpc) is 2.84. The average molecular weight is 177 g/mol. The highest BCUT2D eigenvalue weighted by atomic mass is 32.1. The van der Waals surface area contributed by atoms with Gasteiger partial charge in [-0.05, 0) is 17.5 Å². The van der Waals surface area contributed by atoms with Crippen LogP contribution in [0.25, 0.3) is 10.2 Å². The van der Waals surface area contributed by atoms with Gasteiger partial charge >= 0.3 is 0 Å². The van der Waals surface area contributed by atoms with Crippen molar-refractivity contribution >= 4 is 21.6 Å². The van der Waals surface area contributed by atoms with E-state index in [4.69, 9.17) is 4.74 Å². The predicted octanol–water partition coefficient (Wildman–Crippen LogP) is 2.37. The molecular weight excluding hydrogens is 170 g/mol. The van der Waals surface area contributed by atoms with Crippen LogP contribution in [0.1, 0.15) is 11.7 Å². The first-order valence-corrected chi connectivity index (χ1v) is 4.76. The molecule has 3 rings (SSSR count). The molecule has 1 saturated heterocycles. The van der Waals surface area contributed by atoms with E-state index in [9.17, 15) is 0 Å². The molecule has 0 saturated carbocycles. The van der Waals surface area contributed by atoms with Crippen LogP contribution >= 0.6 is 11.3 Å². The van der Waals surface area contributed by atoms with Gasteiger partial charge < -0.3 is 4.74 Å². The third-order valence-electron chi connectivity index (χ3n) is 2.03. The van der Waals surface area contributed by atoms with Crippen molar-refractivity contribution in [1.29, 1.82) is 0 Å². The summed E-state index contributed by atoms with van der Waals surface area (Å²) in [5, 5.41) is 2.06. The minimum atomic E-state index is 0.323. The van der Waals surface area contributed by atoms with Gasteiger partial charge in [0, 0.05) is 11.8 Å². The van der Waals surface area contributed by atoms with Crippen LogP contribution in [0.5, 0.6) is 0 Å². The highest BCUT2D eigenvalue weighted by Gasteiger charge is 2.25. The van der Waals surface area contributed by atoms with Crippen LogP contribution in [0.15, 0.2) is 23.7 Å². The topological polar surface area (TPSA) is 25.4 Å². The third-order valence-corrected chi connectivity index (χ3v) is 2.88. The maximum absolute atomic E-state index is 5.18. The molecule has 0 spiro atoms. The zero-order chi connectivity index (χ0) is 7.97. The first-order valence-electron chi connectivity index (χ1n) is 3.88. The zero-order valence-corrected chi connectivity index (χ0v) is 7.17. The van der Waals surface area contributed by atoms with Crippen LogP contribution in [0.4, 0.5) is 0 Å². The molecule has 2 nitrogen and oxygen atoms in total. The molecule has 0 aromatic carbocycles. The van der Waals surface area contributed by atoms with Crippen LogP contribution in [-0.2, 0) is 4.74 Å². The van der Waals surface area contributed by atoms with E-state index in [1.807, 2.05) is 12.3 Å². The molecular formula is C9H7NOS. The number of thiophene rings is 1. The summed E-state index contributed by atoms with van der Waals surface area (Å²) in [4.78, 5) is 4.33. The molecule has 3 heteroatoms. The maximum Gasteiger partial charge on any atom is 0.107 e. The van der Waals surface area contributed by atoms with E-state index < -0.39 is 0 Å². The molecule has 12 heavy (non-hydrogen) atoms. The van der Waals surface area contributed by atoms with E-state index in [2.05, 4.69) is 16.4 Å². The van der Waals surface area contributed by atoms with Crippen LogP contribution in [-0.4, -0.2) is 11.6 Å². The van der Waals surface area contributed by atoms with E-state index in [0.29, 0.717) is 6.10 Å². The summed E-state index contributed by atoms with van der Waals surface area (Å²) in [6, 6.07) is 4.21. The molecule has 0 amide bonds. The fourth-order valence-electron chi connectivity index (χ4n) is 1.28. The smallest absolute Gasteiger partial charge is 0.107 e. The lowest BCUT2D eigenvalue weighted by Crippen LogP contribution is -1.81. The molecule has 0 bridgehead atoms. The van der Waals surface area contributed by atoms with Gasteiger partial charge in [0.15, 0.2) is 0 Å². The Balaban J connectivity index is 2.21. The van der Waals surface area contributed by atoms with Crippen molar-refractivity contribution in [3.8, 4) is 0 Å². The molecule has 3 heterocycles. The number of aromatic nitrogens is 1. The van der Waals surface area contributed by atoms with Crippen LogP contribution in [0.3, 0.4) is 0 Å². The predicted molar refractivity (Wildman–Crippen MR) is 48.3 cm³/mol. The minimum Gasteiger partial charge on any atom is -0.368 e. The van der Waals surface area contributed by atoms with Crippen molar-refractivity contribution < 1.29 is 4.74 Å². The second-order valence-electron chi connectivity index (χ2n) is 2.89. The molecule has 0 N–H and O–H groups in total. The quantitative estimate of drug-likeness (QED) is 0.625. The van der Waals surface area contributed by atoms with Gasteiger partial charge in [0.05, 0.1) is 16.8 Å². The molecule has 1 aliphatic rings. The molecule has 0 aliphatic carbocycles. The van der Waals surface area contributed by atoms with Crippen molar-refractivity contribution in [3.05, 3.63) is 29.3 Å².